The zero-order chi connectivity index (χ0) is 10.7. The van der Waals surface area contributed by atoms with Crippen molar-refractivity contribution in [3.8, 4) is 0 Å². The number of ketones is 1. The predicted molar refractivity (Wildman–Crippen MR) is 60.8 cm³/mol. The van der Waals surface area contributed by atoms with Crippen LogP contribution in [0.4, 0.5) is 0 Å². The average molecular weight is 210 g/mol. The Bertz CT molecular complexity index is 224. The first-order valence-electron chi connectivity index (χ1n) is 6.17. The zero-order valence-corrected chi connectivity index (χ0v) is 9.67. The van der Waals surface area contributed by atoms with E-state index in [0.717, 1.165) is 39.0 Å². The maximum Gasteiger partial charge on any atom is 0.137 e. The van der Waals surface area contributed by atoms with Gasteiger partial charge in [-0.05, 0) is 51.9 Å². The molecule has 2 fully saturated rings. The molecule has 0 saturated carbocycles. The van der Waals surface area contributed by atoms with Crippen molar-refractivity contribution in [2.45, 2.75) is 25.7 Å². The smallest absolute Gasteiger partial charge is 0.137 e. The van der Waals surface area contributed by atoms with Gasteiger partial charge in [0.2, 0.25) is 0 Å². The summed E-state index contributed by atoms with van der Waals surface area (Å²) in [6.45, 7) is 4.29. The van der Waals surface area contributed by atoms with Crippen LogP contribution in [0.3, 0.4) is 0 Å². The molecule has 0 spiro atoms. The van der Waals surface area contributed by atoms with E-state index in [1.807, 2.05) is 0 Å². The van der Waals surface area contributed by atoms with Crippen LogP contribution >= 0.6 is 0 Å². The SMILES string of the molecule is CN1CCC(C(=O)CC2CCNCC2)C1. The van der Waals surface area contributed by atoms with Crippen molar-refractivity contribution in [2.24, 2.45) is 11.8 Å². The molecule has 2 heterocycles. The van der Waals surface area contributed by atoms with Gasteiger partial charge in [-0.3, -0.25) is 4.79 Å². The Morgan fingerprint density at radius 3 is 2.67 bits per heavy atom. The van der Waals surface area contributed by atoms with E-state index in [9.17, 15) is 4.79 Å². The Hall–Kier alpha value is -0.410. The highest BCUT2D eigenvalue weighted by molar-refractivity contribution is 5.81. The molecule has 2 saturated heterocycles. The standard InChI is InChI=1S/C12H22N2O/c1-14-7-4-11(9-14)12(15)8-10-2-5-13-6-3-10/h10-11,13H,2-9H2,1H3. The lowest BCUT2D eigenvalue weighted by Gasteiger charge is -2.23. The second kappa shape index (κ2) is 5.08. The number of hydrogen-bond donors (Lipinski definition) is 1. The summed E-state index contributed by atoms with van der Waals surface area (Å²) in [7, 11) is 2.11. The van der Waals surface area contributed by atoms with Gasteiger partial charge in [-0.25, -0.2) is 0 Å². The number of hydrogen-bond acceptors (Lipinski definition) is 3. The lowest BCUT2D eigenvalue weighted by molar-refractivity contribution is -0.123. The minimum atomic E-state index is 0.338. The second-order valence-electron chi connectivity index (χ2n) is 5.11. The highest BCUT2D eigenvalue weighted by atomic mass is 16.1. The topological polar surface area (TPSA) is 32.3 Å². The summed E-state index contributed by atoms with van der Waals surface area (Å²) in [5.41, 5.74) is 0. The molecule has 0 aromatic heterocycles. The van der Waals surface area contributed by atoms with Crippen LogP contribution < -0.4 is 5.32 Å². The van der Waals surface area contributed by atoms with Crippen LogP contribution in [0.25, 0.3) is 0 Å². The predicted octanol–water partition coefficient (Wildman–Crippen LogP) is 0.897. The summed E-state index contributed by atoms with van der Waals surface area (Å²) < 4.78 is 0. The van der Waals surface area contributed by atoms with Crippen LogP contribution in [0.2, 0.25) is 0 Å². The van der Waals surface area contributed by atoms with Crippen molar-refractivity contribution in [3.05, 3.63) is 0 Å². The van der Waals surface area contributed by atoms with Gasteiger partial charge in [0.25, 0.3) is 0 Å². The first kappa shape index (κ1) is 11.1. The molecule has 0 aromatic carbocycles. The molecule has 3 heteroatoms. The van der Waals surface area contributed by atoms with Crippen molar-refractivity contribution >= 4 is 5.78 Å². The van der Waals surface area contributed by atoms with E-state index in [4.69, 9.17) is 0 Å². The van der Waals surface area contributed by atoms with Crippen molar-refractivity contribution in [1.29, 1.82) is 0 Å². The average Bonchev–Trinajstić information content (AvgIpc) is 2.66. The molecule has 0 amide bonds. The van der Waals surface area contributed by atoms with Crippen LogP contribution in [-0.4, -0.2) is 43.9 Å². The van der Waals surface area contributed by atoms with Gasteiger partial charge in [0, 0.05) is 18.9 Å². The van der Waals surface area contributed by atoms with E-state index in [2.05, 4.69) is 17.3 Å². The lowest BCUT2D eigenvalue weighted by atomic mass is 9.88. The van der Waals surface area contributed by atoms with Crippen molar-refractivity contribution < 1.29 is 4.79 Å². The molecule has 0 aromatic rings. The van der Waals surface area contributed by atoms with Gasteiger partial charge >= 0.3 is 0 Å². The maximum atomic E-state index is 12.0. The van der Waals surface area contributed by atoms with E-state index >= 15 is 0 Å². The molecule has 1 atom stereocenters. The summed E-state index contributed by atoms with van der Waals surface area (Å²) in [6, 6.07) is 0. The van der Waals surface area contributed by atoms with Gasteiger partial charge < -0.3 is 10.2 Å². The third kappa shape index (κ3) is 3.02. The number of carbonyl (C=O) groups is 1. The molecule has 86 valence electrons. The number of likely N-dealkylation sites (tertiary alicyclic amines) is 1. The molecule has 0 aliphatic carbocycles. The van der Waals surface area contributed by atoms with E-state index < -0.39 is 0 Å². The summed E-state index contributed by atoms with van der Waals surface area (Å²) in [5, 5.41) is 3.35. The third-order valence-electron chi connectivity index (χ3n) is 3.80. The minimum Gasteiger partial charge on any atom is -0.317 e. The summed E-state index contributed by atoms with van der Waals surface area (Å²) in [5.74, 6) is 1.51. The number of nitrogens with one attached hydrogen (secondary N) is 1. The molecule has 2 aliphatic rings. The first-order chi connectivity index (χ1) is 7.25. The second-order valence-corrected chi connectivity index (χ2v) is 5.11. The van der Waals surface area contributed by atoms with Crippen molar-refractivity contribution in [2.75, 3.05) is 33.2 Å². The quantitative estimate of drug-likeness (QED) is 0.751. The van der Waals surface area contributed by atoms with E-state index in [1.54, 1.807) is 0 Å². The van der Waals surface area contributed by atoms with E-state index in [-0.39, 0.29) is 0 Å². The summed E-state index contributed by atoms with van der Waals surface area (Å²) >= 11 is 0. The van der Waals surface area contributed by atoms with Crippen molar-refractivity contribution in [1.82, 2.24) is 10.2 Å². The molecule has 15 heavy (non-hydrogen) atoms. The monoisotopic (exact) mass is 210 g/mol. The minimum absolute atomic E-state index is 0.338. The highest BCUT2D eigenvalue weighted by Crippen LogP contribution is 2.22. The molecular weight excluding hydrogens is 188 g/mol. The molecule has 0 bridgehead atoms. The van der Waals surface area contributed by atoms with Gasteiger partial charge in [0.15, 0.2) is 0 Å². The van der Waals surface area contributed by atoms with Crippen molar-refractivity contribution in [3.63, 3.8) is 0 Å². The van der Waals surface area contributed by atoms with Crippen LogP contribution in [0.15, 0.2) is 0 Å². The van der Waals surface area contributed by atoms with Crippen LogP contribution in [0.1, 0.15) is 25.7 Å². The third-order valence-corrected chi connectivity index (χ3v) is 3.80. The van der Waals surface area contributed by atoms with Gasteiger partial charge in [-0.2, -0.15) is 0 Å². The fourth-order valence-corrected chi connectivity index (χ4v) is 2.73. The lowest BCUT2D eigenvalue weighted by Crippen LogP contribution is -2.30. The van der Waals surface area contributed by atoms with Gasteiger partial charge in [-0.15, -0.1) is 0 Å². The Kier molecular flexibility index (Phi) is 3.76. The number of piperidine rings is 1. The Balaban J connectivity index is 1.76. The van der Waals surface area contributed by atoms with Crippen LogP contribution in [-0.2, 0) is 4.79 Å². The number of rotatable bonds is 3. The highest BCUT2D eigenvalue weighted by Gasteiger charge is 2.27. The first-order valence-corrected chi connectivity index (χ1v) is 6.17. The maximum absolute atomic E-state index is 12.0. The Labute approximate surface area is 92.2 Å². The van der Waals surface area contributed by atoms with Crippen LogP contribution in [0, 0.1) is 11.8 Å². The number of nitrogens with zero attached hydrogens (tertiary/aromatic N) is 1. The summed E-state index contributed by atoms with van der Waals surface area (Å²) in [4.78, 5) is 14.3. The fourth-order valence-electron chi connectivity index (χ4n) is 2.73. The molecule has 2 rings (SSSR count). The fraction of sp³-hybridized carbons (Fsp3) is 0.917. The Morgan fingerprint density at radius 2 is 2.07 bits per heavy atom. The Morgan fingerprint density at radius 1 is 1.33 bits per heavy atom. The van der Waals surface area contributed by atoms with Crippen LogP contribution in [0.5, 0.6) is 0 Å². The molecule has 1 unspecified atom stereocenters. The largest absolute Gasteiger partial charge is 0.317 e. The summed E-state index contributed by atoms with van der Waals surface area (Å²) in [6.07, 6.45) is 4.29. The molecule has 3 nitrogen and oxygen atoms in total. The van der Waals surface area contributed by atoms with Gasteiger partial charge in [0.1, 0.15) is 5.78 Å². The zero-order valence-electron chi connectivity index (χ0n) is 9.67. The number of Topliss-reactive ketones (excluding diaryl/α,β-unsaturated/α-hetero) is 1. The normalized spacial score (nSPS) is 29.5. The van der Waals surface area contributed by atoms with Gasteiger partial charge in [-0.1, -0.05) is 0 Å². The molecule has 1 N–H and O–H groups in total. The molecule has 0 radical (unpaired) electrons. The van der Waals surface area contributed by atoms with E-state index in [1.165, 1.54) is 12.8 Å². The van der Waals surface area contributed by atoms with Gasteiger partial charge in [0.05, 0.1) is 0 Å². The number of carbonyl (C=O) groups excluding carboxylic acids is 1. The molecule has 2 aliphatic heterocycles. The van der Waals surface area contributed by atoms with E-state index in [0.29, 0.717) is 17.6 Å². The molecular formula is C12H22N2O.